The Morgan fingerprint density at radius 3 is 3.07 bits per heavy atom. The minimum absolute atomic E-state index is 0.0191. The lowest BCUT2D eigenvalue weighted by Crippen LogP contribution is -2.32. The average Bonchev–Trinajstić information content (AvgIpc) is 2.65. The van der Waals surface area contributed by atoms with Crippen LogP contribution in [-0.2, 0) is 4.74 Å². The molecule has 4 heteroatoms. The molecule has 0 aliphatic carbocycles. The van der Waals surface area contributed by atoms with Crippen LogP contribution in [0.25, 0.3) is 0 Å². The highest BCUT2D eigenvalue weighted by Gasteiger charge is 2.29. The van der Waals surface area contributed by atoms with Gasteiger partial charge < -0.3 is 10.1 Å². The first kappa shape index (κ1) is 10.9. The Bertz CT molecular complexity index is 320. The summed E-state index contributed by atoms with van der Waals surface area (Å²) in [5.74, 6) is 0.898. The first-order valence-corrected chi connectivity index (χ1v) is 5.97. The number of aromatic nitrogens is 1. The van der Waals surface area contributed by atoms with Gasteiger partial charge in [-0.2, -0.15) is 0 Å². The number of hydrogen-bond donors (Lipinski definition) is 1. The number of pyridine rings is 1. The third kappa shape index (κ3) is 2.92. The molecule has 3 nitrogen and oxygen atoms in total. The Morgan fingerprint density at radius 1 is 1.60 bits per heavy atom. The number of ether oxygens (including phenoxy) is 1. The largest absolute Gasteiger partial charge is 0.373 e. The maximum Gasteiger partial charge on any atom is 0.126 e. The van der Waals surface area contributed by atoms with E-state index in [2.05, 4.69) is 33.2 Å². The molecule has 1 N–H and O–H groups in total. The van der Waals surface area contributed by atoms with Gasteiger partial charge in [-0.1, -0.05) is 0 Å². The van der Waals surface area contributed by atoms with E-state index in [0.717, 1.165) is 36.3 Å². The van der Waals surface area contributed by atoms with E-state index in [0.29, 0.717) is 0 Å². The summed E-state index contributed by atoms with van der Waals surface area (Å²) < 4.78 is 6.68. The molecule has 0 amide bonds. The quantitative estimate of drug-likeness (QED) is 0.917. The molecule has 1 atom stereocenters. The van der Waals surface area contributed by atoms with Gasteiger partial charge in [0.05, 0.1) is 5.60 Å². The Kier molecular flexibility index (Phi) is 3.26. The summed E-state index contributed by atoms with van der Waals surface area (Å²) >= 11 is 3.36. The van der Waals surface area contributed by atoms with Crippen molar-refractivity contribution in [2.45, 2.75) is 25.4 Å². The fourth-order valence-corrected chi connectivity index (χ4v) is 1.97. The summed E-state index contributed by atoms with van der Waals surface area (Å²) in [6.07, 6.45) is 4.07. The van der Waals surface area contributed by atoms with Crippen molar-refractivity contribution in [3.05, 3.63) is 22.8 Å². The molecule has 1 saturated heterocycles. The number of nitrogens with zero attached hydrogens (tertiary/aromatic N) is 1. The second-order valence-electron chi connectivity index (χ2n) is 4.12. The highest BCUT2D eigenvalue weighted by atomic mass is 79.9. The maximum absolute atomic E-state index is 5.69. The molecular weight excluding hydrogens is 256 g/mol. The predicted molar refractivity (Wildman–Crippen MR) is 64.0 cm³/mol. The fourth-order valence-electron chi connectivity index (χ4n) is 1.73. The monoisotopic (exact) mass is 270 g/mol. The van der Waals surface area contributed by atoms with Crippen molar-refractivity contribution < 1.29 is 4.74 Å². The first-order chi connectivity index (χ1) is 7.18. The summed E-state index contributed by atoms with van der Waals surface area (Å²) in [6, 6.07) is 3.94. The van der Waals surface area contributed by atoms with Gasteiger partial charge in [0, 0.05) is 23.8 Å². The summed E-state index contributed by atoms with van der Waals surface area (Å²) in [4.78, 5) is 4.26. The molecule has 1 unspecified atom stereocenters. The second kappa shape index (κ2) is 4.49. The second-order valence-corrected chi connectivity index (χ2v) is 5.03. The standard InChI is InChI=1S/C11H15BrN2O/c1-11(5-2-6-15-11)8-14-10-4-3-9(12)7-13-10/h3-4,7H,2,5-6,8H2,1H3,(H,13,14). The van der Waals surface area contributed by atoms with Gasteiger partial charge in [-0.05, 0) is 47.8 Å². The summed E-state index contributed by atoms with van der Waals surface area (Å²) in [5, 5.41) is 3.30. The van der Waals surface area contributed by atoms with Crippen LogP contribution in [0.2, 0.25) is 0 Å². The molecule has 15 heavy (non-hydrogen) atoms. The molecule has 1 aliphatic rings. The average molecular weight is 271 g/mol. The van der Waals surface area contributed by atoms with E-state index in [1.807, 2.05) is 12.1 Å². The van der Waals surface area contributed by atoms with Crippen LogP contribution in [0.5, 0.6) is 0 Å². The third-order valence-electron chi connectivity index (χ3n) is 2.67. The molecule has 1 fully saturated rings. The zero-order valence-corrected chi connectivity index (χ0v) is 10.4. The van der Waals surface area contributed by atoms with Crippen molar-refractivity contribution in [1.29, 1.82) is 0 Å². The van der Waals surface area contributed by atoms with Gasteiger partial charge in [0.15, 0.2) is 0 Å². The topological polar surface area (TPSA) is 34.2 Å². The van der Waals surface area contributed by atoms with Gasteiger partial charge in [-0.3, -0.25) is 0 Å². The lowest BCUT2D eigenvalue weighted by Gasteiger charge is -2.23. The molecule has 0 spiro atoms. The third-order valence-corrected chi connectivity index (χ3v) is 3.14. The predicted octanol–water partition coefficient (Wildman–Crippen LogP) is 2.83. The highest BCUT2D eigenvalue weighted by molar-refractivity contribution is 9.10. The van der Waals surface area contributed by atoms with Crippen molar-refractivity contribution >= 4 is 21.7 Å². The molecule has 0 radical (unpaired) electrons. The molecule has 2 rings (SSSR count). The van der Waals surface area contributed by atoms with E-state index in [1.165, 1.54) is 0 Å². The van der Waals surface area contributed by atoms with Gasteiger partial charge >= 0.3 is 0 Å². The Balaban J connectivity index is 1.90. The Morgan fingerprint density at radius 2 is 2.47 bits per heavy atom. The normalized spacial score (nSPS) is 25.5. The number of rotatable bonds is 3. The molecule has 0 bridgehead atoms. The summed E-state index contributed by atoms with van der Waals surface area (Å²) in [7, 11) is 0. The zero-order valence-electron chi connectivity index (χ0n) is 8.79. The van der Waals surface area contributed by atoms with Crippen molar-refractivity contribution in [3.63, 3.8) is 0 Å². The van der Waals surface area contributed by atoms with Gasteiger partial charge in [0.25, 0.3) is 0 Å². The molecular formula is C11H15BrN2O. The minimum Gasteiger partial charge on any atom is -0.373 e. The van der Waals surface area contributed by atoms with E-state index in [4.69, 9.17) is 4.74 Å². The van der Waals surface area contributed by atoms with Crippen LogP contribution in [0, 0.1) is 0 Å². The van der Waals surface area contributed by atoms with Crippen molar-refractivity contribution in [2.75, 3.05) is 18.5 Å². The van der Waals surface area contributed by atoms with Gasteiger partial charge in [-0.15, -0.1) is 0 Å². The molecule has 1 aromatic heterocycles. The molecule has 1 aromatic rings. The van der Waals surface area contributed by atoms with E-state index in [-0.39, 0.29) is 5.60 Å². The van der Waals surface area contributed by atoms with Gasteiger partial charge in [0.2, 0.25) is 0 Å². The number of halogens is 1. The van der Waals surface area contributed by atoms with Crippen LogP contribution < -0.4 is 5.32 Å². The fraction of sp³-hybridized carbons (Fsp3) is 0.545. The summed E-state index contributed by atoms with van der Waals surface area (Å²) in [5.41, 5.74) is -0.0191. The number of nitrogens with one attached hydrogen (secondary N) is 1. The van der Waals surface area contributed by atoms with Crippen LogP contribution in [0.1, 0.15) is 19.8 Å². The lowest BCUT2D eigenvalue weighted by molar-refractivity contribution is 0.0315. The molecule has 1 aliphatic heterocycles. The molecule has 0 aromatic carbocycles. The maximum atomic E-state index is 5.69. The smallest absolute Gasteiger partial charge is 0.126 e. The van der Waals surface area contributed by atoms with Crippen molar-refractivity contribution in [1.82, 2.24) is 4.98 Å². The van der Waals surface area contributed by atoms with E-state index >= 15 is 0 Å². The molecule has 82 valence electrons. The molecule has 0 saturated carbocycles. The Hall–Kier alpha value is -0.610. The van der Waals surface area contributed by atoms with Crippen LogP contribution in [0.3, 0.4) is 0 Å². The van der Waals surface area contributed by atoms with Crippen LogP contribution in [-0.4, -0.2) is 23.7 Å². The van der Waals surface area contributed by atoms with Crippen LogP contribution in [0.4, 0.5) is 5.82 Å². The van der Waals surface area contributed by atoms with E-state index < -0.39 is 0 Å². The van der Waals surface area contributed by atoms with E-state index in [1.54, 1.807) is 6.20 Å². The SMILES string of the molecule is CC1(CNc2ccc(Br)cn2)CCCO1. The minimum atomic E-state index is -0.0191. The number of hydrogen-bond acceptors (Lipinski definition) is 3. The van der Waals surface area contributed by atoms with Crippen LogP contribution in [0.15, 0.2) is 22.8 Å². The zero-order chi connectivity index (χ0) is 10.7. The lowest BCUT2D eigenvalue weighted by atomic mass is 10.0. The van der Waals surface area contributed by atoms with Crippen LogP contribution >= 0.6 is 15.9 Å². The highest BCUT2D eigenvalue weighted by Crippen LogP contribution is 2.25. The van der Waals surface area contributed by atoms with Gasteiger partial charge in [0.1, 0.15) is 5.82 Å². The van der Waals surface area contributed by atoms with Crippen molar-refractivity contribution in [2.24, 2.45) is 0 Å². The first-order valence-electron chi connectivity index (χ1n) is 5.17. The Labute approximate surface area is 98.4 Å². The van der Waals surface area contributed by atoms with Crippen molar-refractivity contribution in [3.8, 4) is 0 Å². The summed E-state index contributed by atoms with van der Waals surface area (Å²) in [6.45, 7) is 3.85. The van der Waals surface area contributed by atoms with E-state index in [9.17, 15) is 0 Å². The molecule has 2 heterocycles. The number of anilines is 1. The van der Waals surface area contributed by atoms with Gasteiger partial charge in [-0.25, -0.2) is 4.98 Å².